The molecule has 1 saturated heterocycles. The minimum Gasteiger partial charge on any atom is -0.338 e. The normalized spacial score (nSPS) is 14.7. The molecule has 4 aromatic rings. The van der Waals surface area contributed by atoms with E-state index in [1.54, 1.807) is 18.2 Å². The average molecular weight is 708 g/mol. The Balaban J connectivity index is 1.63. The van der Waals surface area contributed by atoms with Crippen LogP contribution in [0.25, 0.3) is 10.3 Å². The zero-order valence-electron chi connectivity index (χ0n) is 24.3. The lowest BCUT2D eigenvalue weighted by molar-refractivity contribution is -0.199. The SMILES string of the molecule is CC(C)CN1CCN(c2nc(N(OC(=O)C(F)(F)F)c3ccc(C(F)(F)F)cc3)c3nc(Cc4c(Cl)cccc4Cl)sc3n2)CC1. The van der Waals surface area contributed by atoms with Crippen LogP contribution in [0.2, 0.25) is 10.0 Å². The van der Waals surface area contributed by atoms with E-state index in [1.807, 2.05) is 4.90 Å². The third-order valence-corrected chi connectivity index (χ3v) is 8.63. The van der Waals surface area contributed by atoms with Crippen LogP contribution < -0.4 is 9.96 Å². The molecule has 0 N–H and O–H groups in total. The smallest absolute Gasteiger partial charge is 0.338 e. The van der Waals surface area contributed by atoms with Gasteiger partial charge in [0.25, 0.3) is 0 Å². The first-order valence-electron chi connectivity index (χ1n) is 13.9. The number of nitrogens with zero attached hydrogens (tertiary/aromatic N) is 6. The highest BCUT2D eigenvalue weighted by atomic mass is 35.5. The topological polar surface area (TPSA) is 74.7 Å². The predicted octanol–water partition coefficient (Wildman–Crippen LogP) is 7.94. The number of carbonyl (C=O) groups excluding carboxylic acids is 1. The van der Waals surface area contributed by atoms with Crippen molar-refractivity contribution < 1.29 is 36.0 Å². The minimum atomic E-state index is -5.43. The summed E-state index contributed by atoms with van der Waals surface area (Å²) in [6, 6.07) is 8.01. The van der Waals surface area contributed by atoms with Gasteiger partial charge in [-0.1, -0.05) is 54.5 Å². The summed E-state index contributed by atoms with van der Waals surface area (Å²) in [6.45, 7) is 7.38. The Morgan fingerprint density at radius 3 is 2.15 bits per heavy atom. The Bertz CT molecular complexity index is 1690. The number of hydrogen-bond acceptors (Lipinski definition) is 9. The molecule has 3 heterocycles. The number of benzene rings is 2. The van der Waals surface area contributed by atoms with Crippen LogP contribution in [0, 0.1) is 5.92 Å². The summed E-state index contributed by atoms with van der Waals surface area (Å²) < 4.78 is 80.3. The molecule has 1 fully saturated rings. The molecule has 46 heavy (non-hydrogen) atoms. The second-order valence-corrected chi connectivity index (χ2v) is 12.8. The zero-order valence-corrected chi connectivity index (χ0v) is 26.6. The van der Waals surface area contributed by atoms with Crippen molar-refractivity contribution in [2.24, 2.45) is 5.92 Å². The van der Waals surface area contributed by atoms with Crippen LogP contribution in [-0.2, 0) is 22.2 Å². The van der Waals surface area contributed by atoms with Gasteiger partial charge in [0.2, 0.25) is 11.8 Å². The maximum atomic E-state index is 13.5. The number of aromatic nitrogens is 3. The van der Waals surface area contributed by atoms with Gasteiger partial charge < -0.3 is 9.74 Å². The van der Waals surface area contributed by atoms with Gasteiger partial charge in [-0.2, -0.15) is 41.4 Å². The number of hydrogen-bond donors (Lipinski definition) is 0. The lowest BCUT2D eigenvalue weighted by atomic mass is 10.1. The standard InChI is InChI=1S/C29H26Cl2F6N6O2S/c1-16(2)15-41-10-12-42(13-11-41)27-39-24(23-25(40-27)46-22(38-23)14-19-20(30)4-3-5-21(19)31)43(45-26(44)29(35,36)37)18-8-6-17(7-9-18)28(32,33)34/h3-9,16H,10-15H2,1-2H3. The van der Waals surface area contributed by atoms with Gasteiger partial charge in [0.1, 0.15) is 10.5 Å². The predicted molar refractivity (Wildman–Crippen MR) is 164 cm³/mol. The highest BCUT2D eigenvalue weighted by molar-refractivity contribution is 7.18. The molecule has 0 atom stereocenters. The first-order chi connectivity index (χ1) is 21.6. The number of carbonyl (C=O) groups is 1. The fraction of sp³-hybridized carbons (Fsp3) is 0.379. The van der Waals surface area contributed by atoms with Crippen LogP contribution in [0.5, 0.6) is 0 Å². The van der Waals surface area contributed by atoms with Crippen molar-refractivity contribution in [1.82, 2.24) is 19.9 Å². The van der Waals surface area contributed by atoms with Gasteiger partial charge in [-0.3, -0.25) is 4.90 Å². The molecule has 0 amide bonds. The second kappa shape index (κ2) is 13.4. The molecule has 2 aromatic heterocycles. The van der Waals surface area contributed by atoms with Gasteiger partial charge in [0.15, 0.2) is 4.83 Å². The summed E-state index contributed by atoms with van der Waals surface area (Å²) in [4.78, 5) is 35.0. The molecular weight excluding hydrogens is 681 g/mol. The van der Waals surface area contributed by atoms with Crippen molar-refractivity contribution in [3.05, 3.63) is 68.6 Å². The van der Waals surface area contributed by atoms with Crippen LogP contribution in [0.1, 0.15) is 30.0 Å². The second-order valence-electron chi connectivity index (χ2n) is 10.9. The van der Waals surface area contributed by atoms with Gasteiger partial charge in [-0.25, -0.2) is 9.78 Å². The molecular formula is C29H26Cl2F6N6O2S. The summed E-state index contributed by atoms with van der Waals surface area (Å²) >= 11 is 13.8. The lowest BCUT2D eigenvalue weighted by Gasteiger charge is -2.35. The van der Waals surface area contributed by atoms with E-state index >= 15 is 0 Å². The Morgan fingerprint density at radius 1 is 0.957 bits per heavy atom. The Morgan fingerprint density at radius 2 is 1.59 bits per heavy atom. The molecule has 0 spiro atoms. The van der Waals surface area contributed by atoms with Crippen LogP contribution in [-0.4, -0.2) is 64.7 Å². The quantitative estimate of drug-likeness (QED) is 0.135. The molecule has 0 unspecified atom stereocenters. The average Bonchev–Trinajstić information content (AvgIpc) is 3.39. The van der Waals surface area contributed by atoms with Crippen molar-refractivity contribution in [2.45, 2.75) is 32.6 Å². The molecule has 246 valence electrons. The first-order valence-corrected chi connectivity index (χ1v) is 15.5. The molecule has 0 bridgehead atoms. The van der Waals surface area contributed by atoms with Crippen molar-refractivity contribution in [3.63, 3.8) is 0 Å². The van der Waals surface area contributed by atoms with Crippen molar-refractivity contribution in [3.8, 4) is 0 Å². The lowest BCUT2D eigenvalue weighted by Crippen LogP contribution is -2.48. The van der Waals surface area contributed by atoms with Crippen molar-refractivity contribution >= 4 is 68.3 Å². The molecule has 1 aliphatic rings. The van der Waals surface area contributed by atoms with E-state index in [0.29, 0.717) is 69.9 Å². The van der Waals surface area contributed by atoms with Gasteiger partial charge in [0.05, 0.1) is 11.3 Å². The number of rotatable bonds is 8. The summed E-state index contributed by atoms with van der Waals surface area (Å²) in [5, 5.41) is 1.57. The Kier molecular flexibility index (Phi) is 9.87. The third-order valence-electron chi connectivity index (χ3n) is 6.97. The fourth-order valence-electron chi connectivity index (χ4n) is 4.84. The number of thiazole rings is 1. The van der Waals surface area contributed by atoms with Gasteiger partial charge in [-0.05, 0) is 47.9 Å². The number of fused-ring (bicyclic) bond motifs is 1. The summed E-state index contributed by atoms with van der Waals surface area (Å²) in [6.07, 6.45) is -10.0. The monoisotopic (exact) mass is 706 g/mol. The van der Waals surface area contributed by atoms with Crippen LogP contribution in [0.15, 0.2) is 42.5 Å². The first kappa shape index (κ1) is 33.9. The van der Waals surface area contributed by atoms with E-state index in [2.05, 4.69) is 33.7 Å². The van der Waals surface area contributed by atoms with Crippen molar-refractivity contribution in [2.75, 3.05) is 42.7 Å². The van der Waals surface area contributed by atoms with Gasteiger partial charge >= 0.3 is 18.3 Å². The van der Waals surface area contributed by atoms with E-state index in [1.165, 1.54) is 0 Å². The van der Waals surface area contributed by atoms with Gasteiger partial charge in [-0.15, -0.1) is 0 Å². The zero-order chi connectivity index (χ0) is 33.4. The summed E-state index contributed by atoms with van der Waals surface area (Å²) in [5.41, 5.74) is -0.884. The van der Waals surface area contributed by atoms with Crippen LogP contribution in [0.3, 0.4) is 0 Å². The van der Waals surface area contributed by atoms with E-state index in [9.17, 15) is 31.1 Å². The van der Waals surface area contributed by atoms with Crippen LogP contribution >= 0.6 is 34.5 Å². The molecule has 17 heteroatoms. The highest BCUT2D eigenvalue weighted by Crippen LogP contribution is 2.38. The number of halogens is 8. The van der Waals surface area contributed by atoms with E-state index in [4.69, 9.17) is 28.0 Å². The van der Waals surface area contributed by atoms with E-state index in [-0.39, 0.29) is 34.2 Å². The van der Waals surface area contributed by atoms with Gasteiger partial charge in [0, 0.05) is 49.2 Å². The van der Waals surface area contributed by atoms with Crippen molar-refractivity contribution in [1.29, 1.82) is 0 Å². The molecule has 2 aromatic carbocycles. The minimum absolute atomic E-state index is 0.0414. The Labute approximate surface area is 273 Å². The fourth-order valence-corrected chi connectivity index (χ4v) is 6.31. The molecule has 0 aliphatic carbocycles. The van der Waals surface area contributed by atoms with E-state index in [0.717, 1.165) is 30.0 Å². The largest absolute Gasteiger partial charge is 0.493 e. The summed E-state index contributed by atoms with van der Waals surface area (Å²) in [7, 11) is 0. The maximum absolute atomic E-state index is 13.5. The molecule has 5 rings (SSSR count). The number of alkyl halides is 6. The maximum Gasteiger partial charge on any atom is 0.493 e. The number of piperazine rings is 1. The molecule has 1 aliphatic heterocycles. The third kappa shape index (κ3) is 7.76. The van der Waals surface area contributed by atoms with E-state index < -0.39 is 23.9 Å². The molecule has 8 nitrogen and oxygen atoms in total. The number of anilines is 3. The molecule has 0 radical (unpaired) electrons. The highest BCUT2D eigenvalue weighted by Gasteiger charge is 2.44. The Hall–Kier alpha value is -3.40. The molecule has 0 saturated carbocycles. The van der Waals surface area contributed by atoms with Crippen LogP contribution in [0.4, 0.5) is 43.8 Å². The summed E-state index contributed by atoms with van der Waals surface area (Å²) in [5.74, 6) is -2.41.